The minimum Gasteiger partial charge on any atom is -0.333 e. The summed E-state index contributed by atoms with van der Waals surface area (Å²) in [6.45, 7) is 0.121. The highest BCUT2D eigenvalue weighted by molar-refractivity contribution is 9.10. The van der Waals surface area contributed by atoms with E-state index in [9.17, 15) is 14.4 Å². The van der Waals surface area contributed by atoms with Gasteiger partial charge in [0.2, 0.25) is 11.8 Å². The smallest absolute Gasteiger partial charge is 0.266 e. The number of amides is 3. The number of nitrogens with zero attached hydrogens (tertiary/aromatic N) is 2. The van der Waals surface area contributed by atoms with E-state index in [0.29, 0.717) is 14.4 Å². The van der Waals surface area contributed by atoms with Gasteiger partial charge in [-0.3, -0.25) is 30.1 Å². The molecule has 34 heavy (non-hydrogen) atoms. The predicted molar refractivity (Wildman–Crippen MR) is 142 cm³/mol. The standard InChI is InChI=1S/C22H18BrN5O3S3/c23-14-5-3-4-13(10-14)11-17-20(31)28(22(32)34-17)9-8-18(29)26-27-19(30)12-33-21-24-15-6-1-2-7-16(15)25-21/h1-7,10-11H,8-9,12H2,(H,24,25)(H,26,29)(H,27,30). The molecular formula is C22H18BrN5O3S3. The maximum absolute atomic E-state index is 12.7. The summed E-state index contributed by atoms with van der Waals surface area (Å²) in [7, 11) is 0. The largest absolute Gasteiger partial charge is 0.333 e. The van der Waals surface area contributed by atoms with Gasteiger partial charge in [-0.05, 0) is 35.9 Å². The number of hydrogen-bond donors (Lipinski definition) is 3. The molecule has 12 heteroatoms. The van der Waals surface area contributed by atoms with E-state index in [-0.39, 0.29) is 30.5 Å². The number of halogens is 1. The number of benzene rings is 2. The van der Waals surface area contributed by atoms with Gasteiger partial charge < -0.3 is 4.98 Å². The molecule has 2 heterocycles. The molecule has 3 amide bonds. The summed E-state index contributed by atoms with van der Waals surface area (Å²) in [5.74, 6) is -0.961. The minimum absolute atomic E-state index is 0.00635. The fourth-order valence-electron chi connectivity index (χ4n) is 3.02. The Balaban J connectivity index is 1.21. The Morgan fingerprint density at radius 2 is 1.97 bits per heavy atom. The number of hydrazine groups is 1. The predicted octanol–water partition coefficient (Wildman–Crippen LogP) is 3.86. The highest BCUT2D eigenvalue weighted by Crippen LogP contribution is 2.32. The summed E-state index contributed by atoms with van der Waals surface area (Å²) in [4.78, 5) is 46.3. The average molecular weight is 577 g/mol. The Labute approximate surface area is 217 Å². The lowest BCUT2D eigenvalue weighted by Gasteiger charge is -2.14. The Kier molecular flexibility index (Phi) is 8.03. The van der Waals surface area contributed by atoms with Gasteiger partial charge in [-0.1, -0.05) is 75.9 Å². The summed E-state index contributed by atoms with van der Waals surface area (Å²) in [6, 6.07) is 15.1. The van der Waals surface area contributed by atoms with E-state index in [1.807, 2.05) is 48.5 Å². The molecule has 8 nitrogen and oxygen atoms in total. The molecule has 1 fully saturated rings. The fraction of sp³-hybridized carbons (Fsp3) is 0.136. The van der Waals surface area contributed by atoms with Crippen molar-refractivity contribution in [3.8, 4) is 0 Å². The van der Waals surface area contributed by atoms with Crippen molar-refractivity contribution < 1.29 is 14.4 Å². The van der Waals surface area contributed by atoms with E-state index in [2.05, 4.69) is 36.7 Å². The number of aromatic nitrogens is 2. The molecule has 1 aliphatic rings. The first-order valence-corrected chi connectivity index (χ1v) is 13.1. The van der Waals surface area contributed by atoms with Crippen molar-refractivity contribution in [3.63, 3.8) is 0 Å². The van der Waals surface area contributed by atoms with Gasteiger partial charge in [-0.15, -0.1) is 0 Å². The van der Waals surface area contributed by atoms with Crippen LogP contribution in [0.4, 0.5) is 0 Å². The Hall–Kier alpha value is -2.67. The van der Waals surface area contributed by atoms with Crippen molar-refractivity contribution in [2.45, 2.75) is 11.6 Å². The van der Waals surface area contributed by atoms with Crippen LogP contribution in [0.3, 0.4) is 0 Å². The lowest BCUT2D eigenvalue weighted by atomic mass is 10.2. The van der Waals surface area contributed by atoms with Gasteiger partial charge in [0.25, 0.3) is 5.91 Å². The second-order valence-corrected chi connectivity index (χ2v) is 10.6. The van der Waals surface area contributed by atoms with Gasteiger partial charge in [0.05, 0.1) is 21.7 Å². The number of hydrogen-bond acceptors (Lipinski definition) is 7. The van der Waals surface area contributed by atoms with Crippen LogP contribution in [0.1, 0.15) is 12.0 Å². The summed E-state index contributed by atoms with van der Waals surface area (Å²) in [6.07, 6.45) is 1.76. The van der Waals surface area contributed by atoms with E-state index in [4.69, 9.17) is 12.2 Å². The third-order valence-electron chi connectivity index (χ3n) is 4.63. The number of fused-ring (bicyclic) bond motifs is 1. The number of thioether (sulfide) groups is 2. The van der Waals surface area contributed by atoms with Crippen LogP contribution in [-0.2, 0) is 14.4 Å². The minimum atomic E-state index is -0.424. The van der Waals surface area contributed by atoms with Crippen molar-refractivity contribution in [3.05, 3.63) is 63.5 Å². The van der Waals surface area contributed by atoms with Gasteiger partial charge in [-0.25, -0.2) is 4.98 Å². The molecule has 0 saturated carbocycles. The fourth-order valence-corrected chi connectivity index (χ4v) is 5.43. The van der Waals surface area contributed by atoms with Gasteiger partial charge in [-0.2, -0.15) is 0 Å². The zero-order chi connectivity index (χ0) is 24.1. The molecule has 1 saturated heterocycles. The molecule has 1 aromatic heterocycles. The second-order valence-electron chi connectivity index (χ2n) is 7.08. The van der Waals surface area contributed by atoms with Crippen LogP contribution >= 0.6 is 51.7 Å². The highest BCUT2D eigenvalue weighted by atomic mass is 79.9. The lowest BCUT2D eigenvalue weighted by molar-refractivity contribution is -0.128. The first-order valence-electron chi connectivity index (χ1n) is 10.1. The number of aromatic amines is 1. The number of thiocarbonyl (C=S) groups is 1. The van der Waals surface area contributed by atoms with Crippen LogP contribution in [0.2, 0.25) is 0 Å². The first-order chi connectivity index (χ1) is 16.4. The maximum Gasteiger partial charge on any atom is 0.266 e. The molecule has 0 unspecified atom stereocenters. The first kappa shape index (κ1) is 24.5. The Morgan fingerprint density at radius 3 is 2.76 bits per heavy atom. The monoisotopic (exact) mass is 575 g/mol. The van der Waals surface area contributed by atoms with Crippen LogP contribution in [-0.4, -0.2) is 49.2 Å². The molecule has 0 radical (unpaired) electrons. The lowest BCUT2D eigenvalue weighted by Crippen LogP contribution is -2.44. The van der Waals surface area contributed by atoms with Crippen LogP contribution in [0.25, 0.3) is 17.1 Å². The normalized spacial score (nSPS) is 14.7. The molecule has 4 rings (SSSR count). The average Bonchev–Trinajstić information content (AvgIpc) is 3.35. The van der Waals surface area contributed by atoms with Crippen molar-refractivity contribution in [1.29, 1.82) is 0 Å². The Bertz CT molecular complexity index is 1280. The summed E-state index contributed by atoms with van der Waals surface area (Å²) < 4.78 is 1.30. The van der Waals surface area contributed by atoms with E-state index in [1.165, 1.54) is 28.4 Å². The van der Waals surface area contributed by atoms with Gasteiger partial charge in [0, 0.05) is 17.4 Å². The molecule has 0 bridgehead atoms. The van der Waals surface area contributed by atoms with E-state index < -0.39 is 5.91 Å². The number of nitrogens with one attached hydrogen (secondary N) is 3. The number of para-hydroxylation sites is 2. The van der Waals surface area contributed by atoms with Crippen molar-refractivity contribution in [2.24, 2.45) is 0 Å². The van der Waals surface area contributed by atoms with Crippen molar-refractivity contribution in [2.75, 3.05) is 12.3 Å². The molecule has 3 aromatic rings. The molecule has 3 N–H and O–H groups in total. The van der Waals surface area contributed by atoms with E-state index in [1.54, 1.807) is 6.08 Å². The Morgan fingerprint density at radius 1 is 1.18 bits per heavy atom. The molecule has 0 aliphatic carbocycles. The number of rotatable bonds is 7. The van der Waals surface area contributed by atoms with Crippen LogP contribution < -0.4 is 10.9 Å². The number of imidazole rings is 1. The summed E-state index contributed by atoms with van der Waals surface area (Å²) >= 11 is 11.1. The number of carbonyl (C=O) groups excluding carboxylic acids is 3. The molecule has 2 aromatic carbocycles. The molecule has 1 aliphatic heterocycles. The molecule has 0 atom stereocenters. The third-order valence-corrected chi connectivity index (χ3v) is 7.38. The zero-order valence-electron chi connectivity index (χ0n) is 17.5. The maximum atomic E-state index is 12.7. The van der Waals surface area contributed by atoms with E-state index >= 15 is 0 Å². The third kappa shape index (κ3) is 6.26. The molecule has 0 spiro atoms. The zero-order valence-corrected chi connectivity index (χ0v) is 21.6. The van der Waals surface area contributed by atoms with Crippen molar-refractivity contribution >= 4 is 90.8 Å². The quantitative estimate of drug-likeness (QED) is 0.170. The van der Waals surface area contributed by atoms with Crippen LogP contribution in [0.5, 0.6) is 0 Å². The highest BCUT2D eigenvalue weighted by Gasteiger charge is 2.32. The molecular weight excluding hydrogens is 558 g/mol. The van der Waals surface area contributed by atoms with Gasteiger partial charge in [0.15, 0.2) is 5.16 Å². The van der Waals surface area contributed by atoms with Crippen LogP contribution in [0.15, 0.2) is 63.1 Å². The van der Waals surface area contributed by atoms with Crippen LogP contribution in [0, 0.1) is 0 Å². The summed E-state index contributed by atoms with van der Waals surface area (Å²) in [5, 5.41) is 0.618. The second kappa shape index (κ2) is 11.2. The summed E-state index contributed by atoms with van der Waals surface area (Å²) in [5.41, 5.74) is 7.32. The number of H-pyrrole nitrogens is 1. The number of carbonyl (C=O) groups is 3. The SMILES string of the molecule is O=C(CCN1C(=O)C(=Cc2cccc(Br)c2)SC1=S)NNC(=O)CSc1nc2ccccc2[nH]1. The topological polar surface area (TPSA) is 107 Å². The molecule has 174 valence electrons. The van der Waals surface area contributed by atoms with E-state index in [0.717, 1.165) is 21.1 Å². The van der Waals surface area contributed by atoms with Gasteiger partial charge >= 0.3 is 0 Å². The van der Waals surface area contributed by atoms with Crippen molar-refractivity contribution in [1.82, 2.24) is 25.7 Å². The van der Waals surface area contributed by atoms with Gasteiger partial charge in [0.1, 0.15) is 4.32 Å².